The van der Waals surface area contributed by atoms with Crippen molar-refractivity contribution in [2.45, 2.75) is 32.7 Å². The molecule has 0 aliphatic rings. The van der Waals surface area contributed by atoms with Crippen LogP contribution in [0.15, 0.2) is 18.2 Å². The van der Waals surface area contributed by atoms with Crippen LogP contribution < -0.4 is 4.74 Å². The van der Waals surface area contributed by atoms with Crippen molar-refractivity contribution >= 4 is 0 Å². The second kappa shape index (κ2) is 5.40. The summed E-state index contributed by atoms with van der Waals surface area (Å²) in [5, 5.41) is 0. The van der Waals surface area contributed by atoms with Crippen molar-refractivity contribution < 1.29 is 22.6 Å². The van der Waals surface area contributed by atoms with E-state index in [2.05, 4.69) is 0 Å². The summed E-state index contributed by atoms with van der Waals surface area (Å²) in [6.07, 6.45) is -4.72. The number of hydrogen-bond donors (Lipinski definition) is 0. The van der Waals surface area contributed by atoms with Gasteiger partial charge in [0.15, 0.2) is 0 Å². The SMILES string of the molecule is COCc1ccc(OC(C)C)c(C(F)(F)F)c1. The van der Waals surface area contributed by atoms with Crippen LogP contribution in [-0.2, 0) is 17.5 Å². The highest BCUT2D eigenvalue weighted by Gasteiger charge is 2.34. The first-order valence-corrected chi connectivity index (χ1v) is 5.20. The van der Waals surface area contributed by atoms with Gasteiger partial charge >= 0.3 is 6.18 Å². The van der Waals surface area contributed by atoms with Gasteiger partial charge in [-0.05, 0) is 31.5 Å². The molecule has 0 heterocycles. The first-order chi connectivity index (χ1) is 7.84. The van der Waals surface area contributed by atoms with E-state index in [-0.39, 0.29) is 18.5 Å². The minimum absolute atomic E-state index is 0.144. The molecule has 0 atom stereocenters. The van der Waals surface area contributed by atoms with Gasteiger partial charge in [-0.3, -0.25) is 0 Å². The molecular formula is C12H15F3O2. The van der Waals surface area contributed by atoms with E-state index in [1.165, 1.54) is 13.2 Å². The topological polar surface area (TPSA) is 18.5 Å². The molecule has 17 heavy (non-hydrogen) atoms. The molecule has 0 bridgehead atoms. The van der Waals surface area contributed by atoms with Gasteiger partial charge in [0.25, 0.3) is 0 Å². The highest BCUT2D eigenvalue weighted by molar-refractivity contribution is 5.39. The summed E-state index contributed by atoms with van der Waals surface area (Å²) in [6.45, 7) is 3.51. The lowest BCUT2D eigenvalue weighted by atomic mass is 10.1. The van der Waals surface area contributed by atoms with Crippen LogP contribution in [0.1, 0.15) is 25.0 Å². The van der Waals surface area contributed by atoms with Crippen molar-refractivity contribution in [3.05, 3.63) is 29.3 Å². The average molecular weight is 248 g/mol. The van der Waals surface area contributed by atoms with Gasteiger partial charge in [-0.1, -0.05) is 6.07 Å². The molecule has 0 amide bonds. The third-order valence-corrected chi connectivity index (χ3v) is 2.02. The van der Waals surface area contributed by atoms with Crippen molar-refractivity contribution in [1.82, 2.24) is 0 Å². The Morgan fingerprint density at radius 3 is 2.35 bits per heavy atom. The zero-order chi connectivity index (χ0) is 13.1. The lowest BCUT2D eigenvalue weighted by molar-refractivity contribution is -0.139. The van der Waals surface area contributed by atoms with Crippen molar-refractivity contribution in [3.8, 4) is 5.75 Å². The number of ether oxygens (including phenoxy) is 2. The van der Waals surface area contributed by atoms with Crippen LogP contribution in [0.2, 0.25) is 0 Å². The number of benzene rings is 1. The second-order valence-electron chi connectivity index (χ2n) is 3.93. The molecule has 0 N–H and O–H groups in total. The van der Waals surface area contributed by atoms with Crippen LogP contribution in [0.5, 0.6) is 5.75 Å². The molecule has 0 saturated heterocycles. The lowest BCUT2D eigenvalue weighted by Gasteiger charge is -2.17. The van der Waals surface area contributed by atoms with Crippen LogP contribution in [0, 0.1) is 0 Å². The zero-order valence-corrected chi connectivity index (χ0v) is 9.97. The molecule has 0 saturated carbocycles. The monoisotopic (exact) mass is 248 g/mol. The number of halogens is 3. The third-order valence-electron chi connectivity index (χ3n) is 2.02. The lowest BCUT2D eigenvalue weighted by Crippen LogP contribution is -2.13. The smallest absolute Gasteiger partial charge is 0.419 e. The molecule has 5 heteroatoms. The summed E-state index contributed by atoms with van der Waals surface area (Å²) in [5.41, 5.74) is -0.295. The van der Waals surface area contributed by atoms with Crippen molar-refractivity contribution in [2.24, 2.45) is 0 Å². The quantitative estimate of drug-likeness (QED) is 0.809. The Morgan fingerprint density at radius 1 is 1.24 bits per heavy atom. The van der Waals surface area contributed by atoms with Gasteiger partial charge in [-0.2, -0.15) is 13.2 Å². The highest BCUT2D eigenvalue weighted by Crippen LogP contribution is 2.37. The van der Waals surface area contributed by atoms with Crippen LogP contribution in [-0.4, -0.2) is 13.2 Å². The standard InChI is InChI=1S/C12H15F3O2/c1-8(2)17-11-5-4-9(7-16-3)6-10(11)12(13,14)15/h4-6,8H,7H2,1-3H3. The summed E-state index contributed by atoms with van der Waals surface area (Å²) >= 11 is 0. The molecule has 0 fully saturated rings. The fraction of sp³-hybridized carbons (Fsp3) is 0.500. The number of alkyl halides is 3. The first-order valence-electron chi connectivity index (χ1n) is 5.20. The van der Waals surface area contributed by atoms with E-state index in [0.29, 0.717) is 5.56 Å². The molecule has 1 rings (SSSR count). The van der Waals surface area contributed by atoms with Crippen LogP contribution in [0.25, 0.3) is 0 Å². The number of hydrogen-bond acceptors (Lipinski definition) is 2. The molecule has 0 unspecified atom stereocenters. The van der Waals surface area contributed by atoms with Crippen molar-refractivity contribution in [3.63, 3.8) is 0 Å². The van der Waals surface area contributed by atoms with E-state index in [4.69, 9.17) is 9.47 Å². The third kappa shape index (κ3) is 3.93. The van der Waals surface area contributed by atoms with E-state index in [1.54, 1.807) is 19.9 Å². The van der Waals surface area contributed by atoms with Gasteiger partial charge in [-0.25, -0.2) is 0 Å². The normalized spacial score (nSPS) is 11.9. The van der Waals surface area contributed by atoms with Crippen LogP contribution in [0.4, 0.5) is 13.2 Å². The first kappa shape index (κ1) is 13.8. The highest BCUT2D eigenvalue weighted by atomic mass is 19.4. The summed E-state index contributed by atoms with van der Waals surface area (Å²) in [5.74, 6) is -0.146. The number of methoxy groups -OCH3 is 1. The fourth-order valence-electron chi connectivity index (χ4n) is 1.41. The predicted molar refractivity (Wildman–Crippen MR) is 57.9 cm³/mol. The average Bonchev–Trinajstić information content (AvgIpc) is 2.18. The summed E-state index contributed by atoms with van der Waals surface area (Å²) < 4.78 is 48.3. The second-order valence-corrected chi connectivity index (χ2v) is 3.93. The Bertz CT molecular complexity index is 373. The van der Waals surface area contributed by atoms with Crippen LogP contribution in [0.3, 0.4) is 0 Å². The summed E-state index contributed by atoms with van der Waals surface area (Å²) in [6, 6.07) is 3.95. The van der Waals surface area contributed by atoms with E-state index >= 15 is 0 Å². The Hall–Kier alpha value is -1.23. The molecule has 1 aromatic rings. The zero-order valence-electron chi connectivity index (χ0n) is 9.97. The van der Waals surface area contributed by atoms with Gasteiger partial charge in [0.2, 0.25) is 0 Å². The van der Waals surface area contributed by atoms with E-state index < -0.39 is 11.7 Å². The van der Waals surface area contributed by atoms with Gasteiger partial charge in [0.05, 0.1) is 18.3 Å². The fourth-order valence-corrected chi connectivity index (χ4v) is 1.41. The Morgan fingerprint density at radius 2 is 1.88 bits per heavy atom. The Balaban J connectivity index is 3.12. The van der Waals surface area contributed by atoms with Gasteiger partial charge in [-0.15, -0.1) is 0 Å². The van der Waals surface area contributed by atoms with Gasteiger partial charge < -0.3 is 9.47 Å². The summed E-state index contributed by atoms with van der Waals surface area (Å²) in [7, 11) is 1.44. The maximum atomic E-state index is 12.8. The Labute approximate surface area is 98.3 Å². The molecule has 0 aromatic heterocycles. The van der Waals surface area contributed by atoms with E-state index in [9.17, 15) is 13.2 Å². The van der Waals surface area contributed by atoms with Gasteiger partial charge in [0.1, 0.15) is 5.75 Å². The molecule has 0 aliphatic heterocycles. The molecule has 0 spiro atoms. The molecule has 0 aliphatic carbocycles. The molecular weight excluding hydrogens is 233 g/mol. The van der Waals surface area contributed by atoms with E-state index in [1.807, 2.05) is 0 Å². The molecule has 96 valence electrons. The maximum absolute atomic E-state index is 12.8. The van der Waals surface area contributed by atoms with Crippen molar-refractivity contribution in [1.29, 1.82) is 0 Å². The summed E-state index contributed by atoms with van der Waals surface area (Å²) in [4.78, 5) is 0. The molecule has 2 nitrogen and oxygen atoms in total. The van der Waals surface area contributed by atoms with Crippen LogP contribution >= 0.6 is 0 Å². The predicted octanol–water partition coefficient (Wildman–Crippen LogP) is 3.64. The maximum Gasteiger partial charge on any atom is 0.419 e. The minimum atomic E-state index is -4.42. The van der Waals surface area contributed by atoms with Gasteiger partial charge in [0, 0.05) is 7.11 Å². The largest absolute Gasteiger partial charge is 0.490 e. The molecule has 0 radical (unpaired) electrons. The minimum Gasteiger partial charge on any atom is -0.490 e. The number of rotatable bonds is 4. The van der Waals surface area contributed by atoms with Crippen molar-refractivity contribution in [2.75, 3.05) is 7.11 Å². The Kier molecular flexibility index (Phi) is 4.40. The van der Waals surface area contributed by atoms with E-state index in [0.717, 1.165) is 6.07 Å². The molecule has 1 aromatic carbocycles.